The summed E-state index contributed by atoms with van der Waals surface area (Å²) >= 11 is 0. The van der Waals surface area contributed by atoms with Crippen LogP contribution in [0.1, 0.15) is 51.2 Å². The molecule has 1 amide bonds. The van der Waals surface area contributed by atoms with Crippen molar-refractivity contribution < 1.29 is 14.6 Å². The van der Waals surface area contributed by atoms with E-state index in [1.54, 1.807) is 0 Å². The van der Waals surface area contributed by atoms with Gasteiger partial charge in [-0.3, -0.25) is 9.36 Å². The van der Waals surface area contributed by atoms with E-state index in [0.717, 1.165) is 54.8 Å². The lowest BCUT2D eigenvalue weighted by atomic mass is 9.81. The Morgan fingerprint density at radius 1 is 1.02 bits per heavy atom. The number of aliphatic hydroxyl groups is 1. The van der Waals surface area contributed by atoms with E-state index >= 15 is 0 Å². The third-order valence-electron chi connectivity index (χ3n) is 9.13. The molecule has 5 heterocycles. The molecule has 2 aliphatic heterocycles. The maximum absolute atomic E-state index is 12.6. The fraction of sp³-hybridized carbons (Fsp3) is 0.567. The number of aromatic nitrogens is 6. The molecule has 41 heavy (non-hydrogen) atoms. The molecule has 1 unspecified atom stereocenters. The number of nitrogens with zero attached hydrogens (tertiary/aromatic N) is 8. The van der Waals surface area contributed by atoms with Gasteiger partial charge < -0.3 is 24.2 Å². The van der Waals surface area contributed by atoms with Crippen LogP contribution in [0.25, 0.3) is 28.1 Å². The predicted molar refractivity (Wildman–Crippen MR) is 155 cm³/mol. The zero-order valence-electron chi connectivity index (χ0n) is 24.1. The maximum Gasteiger partial charge on any atom is 0.239 e. The number of ether oxygens (including phenoxy) is 1. The number of carbonyl (C=O) groups is 1. The van der Waals surface area contributed by atoms with Crippen molar-refractivity contribution in [3.05, 3.63) is 35.9 Å². The van der Waals surface area contributed by atoms with Gasteiger partial charge in [0.2, 0.25) is 11.9 Å². The lowest BCUT2D eigenvalue weighted by molar-refractivity contribution is -0.136. The maximum atomic E-state index is 12.6. The Hall–Kier alpha value is -3.57. The van der Waals surface area contributed by atoms with Crippen LogP contribution >= 0.6 is 0 Å². The van der Waals surface area contributed by atoms with Gasteiger partial charge in [-0.2, -0.15) is 9.97 Å². The summed E-state index contributed by atoms with van der Waals surface area (Å²) in [6.07, 6.45) is 4.24. The number of carbonyl (C=O) groups excluding carboxylic acids is 1. The summed E-state index contributed by atoms with van der Waals surface area (Å²) in [7, 11) is 1.93. The molecule has 11 nitrogen and oxygen atoms in total. The molecule has 216 valence electrons. The highest BCUT2D eigenvalue weighted by molar-refractivity contribution is 5.86. The number of rotatable bonds is 6. The van der Waals surface area contributed by atoms with Crippen molar-refractivity contribution in [3.63, 3.8) is 0 Å². The molecule has 7 rings (SSSR count). The van der Waals surface area contributed by atoms with E-state index in [2.05, 4.69) is 11.8 Å². The van der Waals surface area contributed by atoms with Crippen molar-refractivity contribution >= 4 is 33.9 Å². The first-order valence-electron chi connectivity index (χ1n) is 14.9. The van der Waals surface area contributed by atoms with E-state index in [0.29, 0.717) is 62.3 Å². The number of piperidine rings is 1. The van der Waals surface area contributed by atoms with Crippen molar-refractivity contribution in [2.45, 2.75) is 51.6 Å². The monoisotopic (exact) mass is 558 g/mol. The molecule has 1 atom stereocenters. The van der Waals surface area contributed by atoms with Crippen molar-refractivity contribution in [1.29, 1.82) is 0 Å². The second kappa shape index (κ2) is 10.1. The molecular formula is C30H38N8O3. The molecule has 0 spiro atoms. The number of likely N-dealkylation sites (tertiary alicyclic amines) is 1. The highest BCUT2D eigenvalue weighted by Crippen LogP contribution is 2.39. The smallest absolute Gasteiger partial charge is 0.239 e. The molecule has 11 heteroatoms. The van der Waals surface area contributed by atoms with Gasteiger partial charge in [0.1, 0.15) is 17.2 Å². The van der Waals surface area contributed by atoms with Crippen LogP contribution in [0, 0.1) is 11.8 Å². The number of amides is 1. The highest BCUT2D eigenvalue weighted by Gasteiger charge is 2.42. The normalized spacial score (nSPS) is 20.2. The first kappa shape index (κ1) is 26.3. The molecule has 0 bridgehead atoms. The van der Waals surface area contributed by atoms with E-state index in [1.165, 1.54) is 0 Å². The van der Waals surface area contributed by atoms with Gasteiger partial charge in [0, 0.05) is 45.6 Å². The fourth-order valence-corrected chi connectivity index (χ4v) is 6.55. The molecule has 2 saturated heterocycles. The average molecular weight is 559 g/mol. The lowest BCUT2D eigenvalue weighted by Gasteiger charge is -2.39. The summed E-state index contributed by atoms with van der Waals surface area (Å²) < 4.78 is 9.61. The summed E-state index contributed by atoms with van der Waals surface area (Å²) in [6, 6.07) is 8.05. The standard InChI is InChI=1S/C30H38N8O3/c1-4-23-31-21-7-5-6-8-22(21)38(23)29-33-25-24(26(34-29)36-15-17-41-18-16-36)32-28(35(25)3)30(2,40)20-11-13-37(14-12-20)27(39)19-9-10-19/h5-8,19-20,40H,4,9-18H2,1-3H3. The quantitative estimate of drug-likeness (QED) is 0.384. The van der Waals surface area contributed by atoms with Gasteiger partial charge >= 0.3 is 0 Å². The minimum absolute atomic E-state index is 0.0233. The van der Waals surface area contributed by atoms with Crippen LogP contribution in [0.4, 0.5) is 5.82 Å². The van der Waals surface area contributed by atoms with Gasteiger partial charge in [0.25, 0.3) is 0 Å². The Labute approximate surface area is 239 Å². The molecular weight excluding hydrogens is 520 g/mol. The third-order valence-corrected chi connectivity index (χ3v) is 9.13. The van der Waals surface area contributed by atoms with Crippen LogP contribution < -0.4 is 4.90 Å². The first-order valence-corrected chi connectivity index (χ1v) is 14.9. The molecule has 3 aliphatic rings. The summed E-state index contributed by atoms with van der Waals surface area (Å²) in [5.74, 6) is 3.24. The molecule has 3 aromatic heterocycles. The Morgan fingerprint density at radius 3 is 2.46 bits per heavy atom. The van der Waals surface area contributed by atoms with Crippen LogP contribution in [0.15, 0.2) is 24.3 Å². The van der Waals surface area contributed by atoms with Gasteiger partial charge in [0.05, 0.1) is 24.2 Å². The van der Waals surface area contributed by atoms with Gasteiger partial charge in [0.15, 0.2) is 17.0 Å². The number of hydrogen-bond acceptors (Lipinski definition) is 8. The SMILES string of the molecule is CCc1nc2ccccc2n1-c1nc(N2CCOCC2)c2nc(C(C)(O)C3CCN(C(=O)C4CC4)CC3)n(C)c2n1. The van der Waals surface area contributed by atoms with E-state index < -0.39 is 5.60 Å². The molecule has 1 saturated carbocycles. The van der Waals surface area contributed by atoms with Crippen molar-refractivity contribution in [3.8, 4) is 5.95 Å². The molecule has 4 aromatic rings. The Balaban J connectivity index is 1.32. The topological polar surface area (TPSA) is 114 Å². The Morgan fingerprint density at radius 2 is 1.76 bits per heavy atom. The minimum Gasteiger partial charge on any atom is -0.382 e. The lowest BCUT2D eigenvalue weighted by Crippen LogP contribution is -2.45. The van der Waals surface area contributed by atoms with Crippen molar-refractivity contribution in [2.75, 3.05) is 44.3 Å². The van der Waals surface area contributed by atoms with E-state index in [4.69, 9.17) is 24.7 Å². The van der Waals surface area contributed by atoms with Gasteiger partial charge in [-0.05, 0) is 50.7 Å². The van der Waals surface area contributed by atoms with E-state index in [1.807, 2.05) is 52.3 Å². The van der Waals surface area contributed by atoms with Crippen molar-refractivity contribution in [2.24, 2.45) is 18.9 Å². The van der Waals surface area contributed by atoms with Crippen LogP contribution in [0.5, 0.6) is 0 Å². The summed E-state index contributed by atoms with van der Waals surface area (Å²) in [4.78, 5) is 36.9. The molecule has 3 fully saturated rings. The number of benzene rings is 1. The average Bonchev–Trinajstić information content (AvgIpc) is 3.71. The number of hydrogen-bond donors (Lipinski definition) is 1. The van der Waals surface area contributed by atoms with E-state index in [9.17, 15) is 9.90 Å². The fourth-order valence-electron chi connectivity index (χ4n) is 6.55. The largest absolute Gasteiger partial charge is 0.382 e. The number of imidazole rings is 2. The summed E-state index contributed by atoms with van der Waals surface area (Å²) in [6.45, 7) is 7.93. The molecule has 0 radical (unpaired) electrons. The van der Waals surface area contributed by atoms with Crippen LogP contribution in [0.2, 0.25) is 0 Å². The first-order chi connectivity index (χ1) is 19.9. The second-order valence-electron chi connectivity index (χ2n) is 11.8. The minimum atomic E-state index is -1.19. The predicted octanol–water partition coefficient (Wildman–Crippen LogP) is 2.96. The Bertz CT molecular complexity index is 1610. The van der Waals surface area contributed by atoms with Gasteiger partial charge in [-0.25, -0.2) is 9.97 Å². The number of anilines is 1. The van der Waals surface area contributed by atoms with Gasteiger partial charge in [-0.1, -0.05) is 19.1 Å². The summed E-state index contributed by atoms with van der Waals surface area (Å²) in [5.41, 5.74) is 2.02. The van der Waals surface area contributed by atoms with Crippen LogP contribution in [0.3, 0.4) is 0 Å². The van der Waals surface area contributed by atoms with Gasteiger partial charge in [-0.15, -0.1) is 0 Å². The third kappa shape index (κ3) is 4.46. The number of para-hydroxylation sites is 2. The zero-order valence-corrected chi connectivity index (χ0v) is 24.1. The Kier molecular flexibility index (Phi) is 6.46. The summed E-state index contributed by atoms with van der Waals surface area (Å²) in [5, 5.41) is 12.0. The highest BCUT2D eigenvalue weighted by atomic mass is 16.5. The molecule has 1 aliphatic carbocycles. The zero-order chi connectivity index (χ0) is 28.3. The second-order valence-corrected chi connectivity index (χ2v) is 11.8. The number of morpholine rings is 1. The number of aryl methyl sites for hydroxylation is 2. The van der Waals surface area contributed by atoms with Crippen LogP contribution in [-0.2, 0) is 28.6 Å². The van der Waals surface area contributed by atoms with Crippen LogP contribution in [-0.4, -0.2) is 84.4 Å². The molecule has 1 N–H and O–H groups in total. The van der Waals surface area contributed by atoms with E-state index in [-0.39, 0.29) is 17.7 Å². The van der Waals surface area contributed by atoms with Crippen molar-refractivity contribution in [1.82, 2.24) is 34.0 Å². The number of fused-ring (bicyclic) bond motifs is 2. The molecule has 1 aromatic carbocycles.